The minimum absolute atomic E-state index is 0.180. The summed E-state index contributed by atoms with van der Waals surface area (Å²) in [4.78, 5) is 15.8. The molecule has 0 atom stereocenters. The molecule has 1 rings (SSSR count). The summed E-state index contributed by atoms with van der Waals surface area (Å²) in [7, 11) is 0. The second-order valence-corrected chi connectivity index (χ2v) is 5.29. The lowest BCUT2D eigenvalue weighted by molar-refractivity contribution is 0.0686. The standard InChI is InChI=1S/C10H12INO2S/c1-3-6-7(11)5-12-8(10(13)14)9(6)15-4-2/h5H,3-4H2,1-2H3,(H,13,14). The van der Waals surface area contributed by atoms with Crippen LogP contribution in [0.1, 0.15) is 29.9 Å². The summed E-state index contributed by atoms with van der Waals surface area (Å²) in [5.74, 6) is -0.0910. The van der Waals surface area contributed by atoms with Gasteiger partial charge in [0.05, 0.1) is 0 Å². The zero-order valence-electron chi connectivity index (χ0n) is 8.58. The Bertz CT molecular complexity index is 382. The van der Waals surface area contributed by atoms with E-state index in [2.05, 4.69) is 27.6 Å². The maximum atomic E-state index is 11.0. The number of carbonyl (C=O) groups is 1. The predicted octanol–water partition coefficient (Wildman–Crippen LogP) is 3.06. The third-order valence-corrected chi connectivity index (χ3v) is 3.88. The molecule has 0 spiro atoms. The highest BCUT2D eigenvalue weighted by molar-refractivity contribution is 14.1. The van der Waals surface area contributed by atoms with Crippen LogP contribution < -0.4 is 0 Å². The van der Waals surface area contributed by atoms with Crippen molar-refractivity contribution in [1.82, 2.24) is 4.98 Å². The molecule has 0 fully saturated rings. The van der Waals surface area contributed by atoms with Crippen molar-refractivity contribution in [3.05, 3.63) is 21.0 Å². The number of pyridine rings is 1. The van der Waals surface area contributed by atoms with Crippen molar-refractivity contribution < 1.29 is 9.90 Å². The van der Waals surface area contributed by atoms with E-state index in [4.69, 9.17) is 5.11 Å². The summed E-state index contributed by atoms with van der Waals surface area (Å²) in [6.07, 6.45) is 2.46. The van der Waals surface area contributed by atoms with Crippen molar-refractivity contribution in [3.63, 3.8) is 0 Å². The van der Waals surface area contributed by atoms with E-state index in [0.717, 1.165) is 26.2 Å². The number of carboxylic acids is 1. The number of carboxylic acid groups (broad SMARTS) is 1. The van der Waals surface area contributed by atoms with Crippen LogP contribution in [0.4, 0.5) is 0 Å². The second-order valence-electron chi connectivity index (χ2n) is 2.85. The lowest BCUT2D eigenvalue weighted by Crippen LogP contribution is -2.06. The number of nitrogens with zero attached hydrogens (tertiary/aromatic N) is 1. The lowest BCUT2D eigenvalue weighted by Gasteiger charge is -2.10. The van der Waals surface area contributed by atoms with Crippen LogP contribution in [0.15, 0.2) is 11.1 Å². The molecule has 1 heterocycles. The van der Waals surface area contributed by atoms with Crippen molar-refractivity contribution in [3.8, 4) is 0 Å². The monoisotopic (exact) mass is 337 g/mol. The van der Waals surface area contributed by atoms with Gasteiger partial charge in [-0.3, -0.25) is 0 Å². The van der Waals surface area contributed by atoms with Crippen molar-refractivity contribution in [2.45, 2.75) is 25.2 Å². The van der Waals surface area contributed by atoms with Gasteiger partial charge < -0.3 is 5.11 Å². The molecule has 0 radical (unpaired) electrons. The molecule has 0 bridgehead atoms. The van der Waals surface area contributed by atoms with Crippen LogP contribution in [0.5, 0.6) is 0 Å². The maximum Gasteiger partial charge on any atom is 0.355 e. The van der Waals surface area contributed by atoms with Gasteiger partial charge in [-0.2, -0.15) is 0 Å². The van der Waals surface area contributed by atoms with Crippen LogP contribution in [-0.4, -0.2) is 21.8 Å². The second kappa shape index (κ2) is 5.69. The predicted molar refractivity (Wildman–Crippen MR) is 69.7 cm³/mol. The van der Waals surface area contributed by atoms with E-state index in [9.17, 15) is 4.79 Å². The van der Waals surface area contributed by atoms with Crippen LogP contribution in [0, 0.1) is 3.57 Å². The Balaban J connectivity index is 3.34. The van der Waals surface area contributed by atoms with Gasteiger partial charge in [0.2, 0.25) is 0 Å². The largest absolute Gasteiger partial charge is 0.476 e. The van der Waals surface area contributed by atoms with Crippen molar-refractivity contribution >= 4 is 40.3 Å². The molecule has 0 saturated carbocycles. The van der Waals surface area contributed by atoms with Gasteiger partial charge in [0.15, 0.2) is 5.69 Å². The summed E-state index contributed by atoms with van der Waals surface area (Å²) in [6.45, 7) is 4.04. The fourth-order valence-corrected chi connectivity index (χ4v) is 3.26. The highest BCUT2D eigenvalue weighted by Gasteiger charge is 2.17. The van der Waals surface area contributed by atoms with Crippen LogP contribution in [0.3, 0.4) is 0 Å². The highest BCUT2D eigenvalue weighted by Crippen LogP contribution is 2.29. The van der Waals surface area contributed by atoms with Gasteiger partial charge in [-0.05, 0) is 40.3 Å². The third-order valence-electron chi connectivity index (χ3n) is 1.93. The molecule has 0 amide bonds. The number of rotatable bonds is 4. The van der Waals surface area contributed by atoms with Crippen LogP contribution in [0.25, 0.3) is 0 Å². The molecular weight excluding hydrogens is 325 g/mol. The summed E-state index contributed by atoms with van der Waals surface area (Å²) < 4.78 is 1.04. The Labute approximate surface area is 107 Å². The number of hydrogen-bond acceptors (Lipinski definition) is 3. The number of hydrogen-bond donors (Lipinski definition) is 1. The molecule has 0 aromatic carbocycles. The topological polar surface area (TPSA) is 50.2 Å². The van der Waals surface area contributed by atoms with E-state index in [-0.39, 0.29) is 5.69 Å². The zero-order valence-corrected chi connectivity index (χ0v) is 11.6. The Morgan fingerprint density at radius 2 is 2.27 bits per heavy atom. The van der Waals surface area contributed by atoms with E-state index in [0.29, 0.717) is 0 Å². The number of aromatic carboxylic acids is 1. The van der Waals surface area contributed by atoms with Crippen molar-refractivity contribution in [1.29, 1.82) is 0 Å². The van der Waals surface area contributed by atoms with Gasteiger partial charge in [-0.25, -0.2) is 9.78 Å². The number of aromatic nitrogens is 1. The maximum absolute atomic E-state index is 11.0. The van der Waals surface area contributed by atoms with Gasteiger partial charge in [0.1, 0.15) is 0 Å². The molecule has 0 aliphatic heterocycles. The van der Waals surface area contributed by atoms with Gasteiger partial charge in [-0.15, -0.1) is 11.8 Å². The quantitative estimate of drug-likeness (QED) is 0.678. The molecular formula is C10H12INO2S. The van der Waals surface area contributed by atoms with E-state index < -0.39 is 5.97 Å². The Morgan fingerprint density at radius 3 is 2.73 bits per heavy atom. The Morgan fingerprint density at radius 1 is 1.60 bits per heavy atom. The van der Waals surface area contributed by atoms with E-state index in [1.165, 1.54) is 0 Å². The van der Waals surface area contributed by atoms with Gasteiger partial charge in [0, 0.05) is 14.7 Å². The molecule has 0 aliphatic carbocycles. The Kier molecular flexibility index (Phi) is 4.85. The first-order valence-electron chi connectivity index (χ1n) is 4.65. The van der Waals surface area contributed by atoms with Crippen LogP contribution in [-0.2, 0) is 6.42 Å². The smallest absolute Gasteiger partial charge is 0.355 e. The first kappa shape index (κ1) is 12.8. The summed E-state index contributed by atoms with van der Waals surface area (Å²) >= 11 is 3.74. The number of thioether (sulfide) groups is 1. The van der Waals surface area contributed by atoms with Crippen LogP contribution >= 0.6 is 34.4 Å². The van der Waals surface area contributed by atoms with Crippen molar-refractivity contribution in [2.24, 2.45) is 0 Å². The molecule has 0 aliphatic rings. The molecule has 0 unspecified atom stereocenters. The zero-order chi connectivity index (χ0) is 11.4. The summed E-state index contributed by atoms with van der Waals surface area (Å²) in [6, 6.07) is 0. The Hall–Kier alpha value is -0.300. The summed E-state index contributed by atoms with van der Waals surface area (Å²) in [5, 5.41) is 9.02. The molecule has 0 saturated heterocycles. The van der Waals surface area contributed by atoms with Gasteiger partial charge in [-0.1, -0.05) is 13.8 Å². The molecule has 1 aromatic heterocycles. The minimum Gasteiger partial charge on any atom is -0.476 e. The third kappa shape index (κ3) is 2.84. The fraction of sp³-hybridized carbons (Fsp3) is 0.400. The van der Waals surface area contributed by atoms with E-state index in [1.54, 1.807) is 18.0 Å². The normalized spacial score (nSPS) is 10.3. The molecule has 82 valence electrons. The SMILES string of the molecule is CCSc1c(C(=O)O)ncc(I)c1CC. The molecule has 15 heavy (non-hydrogen) atoms. The van der Waals surface area contributed by atoms with Crippen LogP contribution in [0.2, 0.25) is 0 Å². The molecule has 1 N–H and O–H groups in total. The van der Waals surface area contributed by atoms with Gasteiger partial charge >= 0.3 is 5.97 Å². The first-order valence-corrected chi connectivity index (χ1v) is 6.71. The molecule has 3 nitrogen and oxygen atoms in total. The first-order chi connectivity index (χ1) is 7.11. The number of halogens is 1. The summed E-state index contributed by atoms with van der Waals surface area (Å²) in [5.41, 5.74) is 1.27. The van der Waals surface area contributed by atoms with Gasteiger partial charge in [0.25, 0.3) is 0 Å². The van der Waals surface area contributed by atoms with Crippen molar-refractivity contribution in [2.75, 3.05) is 5.75 Å². The lowest BCUT2D eigenvalue weighted by atomic mass is 10.2. The molecule has 1 aromatic rings. The minimum atomic E-state index is -0.947. The average molecular weight is 337 g/mol. The average Bonchev–Trinajstić information content (AvgIpc) is 2.18. The fourth-order valence-electron chi connectivity index (χ4n) is 1.29. The molecule has 5 heteroatoms. The highest BCUT2D eigenvalue weighted by atomic mass is 127. The van der Waals surface area contributed by atoms with E-state index >= 15 is 0 Å². The van der Waals surface area contributed by atoms with E-state index in [1.807, 2.05) is 13.8 Å².